The Morgan fingerprint density at radius 2 is 1.81 bits per heavy atom. The largest absolute Gasteiger partial charge is 0.478 e. The molecule has 5 N–H and O–H groups in total. The lowest BCUT2D eigenvalue weighted by Crippen LogP contribution is -2.46. The Kier molecular flexibility index (Phi) is 10.8. The molecule has 0 spiro atoms. The molecule has 12 heteroatoms. The van der Waals surface area contributed by atoms with Gasteiger partial charge in [0.1, 0.15) is 17.1 Å². The second-order valence-electron chi connectivity index (χ2n) is 10.5. The summed E-state index contributed by atoms with van der Waals surface area (Å²) in [5.41, 5.74) is 6.16. The number of aliphatic hydroxyl groups is 1. The minimum absolute atomic E-state index is 0.0112. The van der Waals surface area contributed by atoms with E-state index in [4.69, 9.17) is 15.6 Å². The fourth-order valence-electron chi connectivity index (χ4n) is 4.36. The maximum absolute atomic E-state index is 13.9. The van der Waals surface area contributed by atoms with Crippen molar-refractivity contribution in [2.24, 2.45) is 11.7 Å². The summed E-state index contributed by atoms with van der Waals surface area (Å²) < 4.78 is 19.2. The Morgan fingerprint density at radius 3 is 2.48 bits per heavy atom. The minimum Gasteiger partial charge on any atom is -0.478 e. The number of aliphatic carboxylic acids is 1. The van der Waals surface area contributed by atoms with Crippen molar-refractivity contribution in [3.63, 3.8) is 0 Å². The lowest BCUT2D eigenvalue weighted by atomic mass is 9.87. The van der Waals surface area contributed by atoms with Gasteiger partial charge in [0.05, 0.1) is 29.4 Å². The molecular weight excluding hydrogens is 547 g/mol. The van der Waals surface area contributed by atoms with Crippen LogP contribution in [0.4, 0.5) is 4.39 Å². The van der Waals surface area contributed by atoms with Crippen LogP contribution in [-0.2, 0) is 25.5 Å². The summed E-state index contributed by atoms with van der Waals surface area (Å²) >= 11 is 0. The Labute approximate surface area is 241 Å². The molecule has 0 aliphatic rings. The van der Waals surface area contributed by atoms with Gasteiger partial charge in [-0.05, 0) is 69.4 Å². The first-order chi connectivity index (χ1) is 19.8. The number of esters is 1. The van der Waals surface area contributed by atoms with Crippen molar-refractivity contribution < 1.29 is 38.5 Å². The van der Waals surface area contributed by atoms with Crippen LogP contribution in [0.5, 0.6) is 0 Å². The van der Waals surface area contributed by atoms with E-state index in [1.807, 2.05) is 0 Å². The maximum Gasteiger partial charge on any atom is 0.331 e. The zero-order chi connectivity index (χ0) is 30.9. The number of nitrogens with two attached hydrogens (primary N) is 1. The van der Waals surface area contributed by atoms with Gasteiger partial charge in [0.15, 0.2) is 0 Å². The third kappa shape index (κ3) is 9.73. The molecule has 3 aromatic rings. The number of carbonyl (C=O) groups excluding carboxylic acids is 3. The van der Waals surface area contributed by atoms with Crippen LogP contribution in [0.1, 0.15) is 49.2 Å². The van der Waals surface area contributed by atoms with Gasteiger partial charge in [0, 0.05) is 18.1 Å². The minimum atomic E-state index is -1.31. The fourth-order valence-corrected chi connectivity index (χ4v) is 4.36. The standard InChI is InChI=1S/C30H33FN4O7/c1-30(2,42-27(39)11-10-26(37)38)13-12-19(28(32)40)16-25(36)23(15-18-6-5-7-20(31)14-18)35-29(41)24-17-33-21-8-3-4-9-22(21)34-24/h3-11,14,17,19,23,25,36H,12-13,15-16H2,1-2H3,(H2,32,40)(H,35,41)(H,37,38)/b11-10-/t19-,23+,25+/m1/s1. The van der Waals surface area contributed by atoms with Crippen molar-refractivity contribution >= 4 is 34.8 Å². The van der Waals surface area contributed by atoms with Crippen LogP contribution in [-0.4, -0.2) is 61.7 Å². The average molecular weight is 581 g/mol. The number of aliphatic hydroxyl groups excluding tert-OH is 1. The van der Waals surface area contributed by atoms with Gasteiger partial charge in [0.2, 0.25) is 5.91 Å². The van der Waals surface area contributed by atoms with Crippen LogP contribution < -0.4 is 11.1 Å². The van der Waals surface area contributed by atoms with Gasteiger partial charge >= 0.3 is 11.9 Å². The number of hydrogen-bond donors (Lipinski definition) is 4. The number of amides is 2. The van der Waals surface area contributed by atoms with E-state index in [1.54, 1.807) is 44.2 Å². The van der Waals surface area contributed by atoms with Gasteiger partial charge < -0.3 is 26.0 Å². The number of carboxylic acid groups (broad SMARTS) is 1. The number of primary amides is 1. The molecule has 0 saturated carbocycles. The Bertz CT molecular complexity index is 1480. The van der Waals surface area contributed by atoms with E-state index in [2.05, 4.69) is 15.3 Å². The normalized spacial score (nSPS) is 13.8. The fraction of sp³-hybridized carbons (Fsp3) is 0.333. The third-order valence-electron chi connectivity index (χ3n) is 6.57. The number of nitrogens with one attached hydrogen (secondary N) is 1. The molecule has 0 aliphatic carbocycles. The molecule has 0 bridgehead atoms. The Hall–Kier alpha value is -4.71. The van der Waals surface area contributed by atoms with Crippen LogP contribution in [0.2, 0.25) is 0 Å². The van der Waals surface area contributed by atoms with E-state index in [0.29, 0.717) is 22.7 Å². The average Bonchev–Trinajstić information content (AvgIpc) is 2.93. The van der Waals surface area contributed by atoms with Gasteiger partial charge in [-0.15, -0.1) is 0 Å². The summed E-state index contributed by atoms with van der Waals surface area (Å²) in [5.74, 6) is -4.87. The topological polar surface area (TPSA) is 182 Å². The zero-order valence-corrected chi connectivity index (χ0v) is 23.2. The van der Waals surface area contributed by atoms with E-state index < -0.39 is 53.2 Å². The summed E-state index contributed by atoms with van der Waals surface area (Å²) in [7, 11) is 0. The monoisotopic (exact) mass is 580 g/mol. The van der Waals surface area contributed by atoms with Crippen molar-refractivity contribution in [2.45, 2.75) is 57.3 Å². The van der Waals surface area contributed by atoms with Crippen molar-refractivity contribution in [3.8, 4) is 0 Å². The number of aromatic nitrogens is 2. The number of benzene rings is 2. The molecule has 0 fully saturated rings. The number of hydrogen-bond acceptors (Lipinski definition) is 8. The number of ether oxygens (including phenoxy) is 1. The quantitative estimate of drug-likeness (QED) is 0.165. The molecule has 1 aromatic heterocycles. The molecule has 2 amide bonds. The molecule has 0 saturated heterocycles. The van der Waals surface area contributed by atoms with Gasteiger partial charge in [-0.1, -0.05) is 24.3 Å². The van der Waals surface area contributed by atoms with E-state index in [0.717, 1.165) is 6.08 Å². The molecule has 0 unspecified atom stereocenters. The highest BCUT2D eigenvalue weighted by molar-refractivity contribution is 5.94. The number of para-hydroxylation sites is 2. The lowest BCUT2D eigenvalue weighted by Gasteiger charge is -2.29. The summed E-state index contributed by atoms with van der Waals surface area (Å²) in [5, 5.41) is 22.6. The zero-order valence-electron chi connectivity index (χ0n) is 23.2. The van der Waals surface area contributed by atoms with Crippen LogP contribution >= 0.6 is 0 Å². The number of carboxylic acids is 1. The maximum atomic E-state index is 13.9. The van der Waals surface area contributed by atoms with Crippen LogP contribution in [0.3, 0.4) is 0 Å². The molecule has 222 valence electrons. The van der Waals surface area contributed by atoms with Crippen LogP contribution in [0, 0.1) is 11.7 Å². The second kappa shape index (κ2) is 14.3. The SMILES string of the molecule is CC(C)(CC[C@H](C[C@H](O)[C@H](Cc1cccc(F)c1)NC(=O)c1cnc2ccccc2n1)C(N)=O)OC(=O)/C=C\C(=O)O. The summed E-state index contributed by atoms with van der Waals surface area (Å²) in [6.45, 7) is 3.18. The summed E-state index contributed by atoms with van der Waals surface area (Å²) in [6, 6.07) is 11.7. The first kappa shape index (κ1) is 31.8. The highest BCUT2D eigenvalue weighted by Gasteiger charge is 2.31. The smallest absolute Gasteiger partial charge is 0.331 e. The first-order valence-corrected chi connectivity index (χ1v) is 13.2. The molecule has 3 rings (SSSR count). The van der Waals surface area contributed by atoms with E-state index in [-0.39, 0.29) is 31.4 Å². The highest BCUT2D eigenvalue weighted by atomic mass is 19.1. The summed E-state index contributed by atoms with van der Waals surface area (Å²) in [6.07, 6.45) is 1.62. The van der Waals surface area contributed by atoms with Gasteiger partial charge in [0.25, 0.3) is 5.91 Å². The molecule has 11 nitrogen and oxygen atoms in total. The molecular formula is C30H33FN4O7. The van der Waals surface area contributed by atoms with Crippen molar-refractivity contribution in [1.29, 1.82) is 0 Å². The molecule has 2 aromatic carbocycles. The van der Waals surface area contributed by atoms with Crippen LogP contribution in [0.15, 0.2) is 66.9 Å². The van der Waals surface area contributed by atoms with Crippen LogP contribution in [0.25, 0.3) is 11.0 Å². The number of halogens is 1. The third-order valence-corrected chi connectivity index (χ3v) is 6.57. The number of rotatable bonds is 14. The van der Waals surface area contributed by atoms with E-state index in [9.17, 15) is 28.7 Å². The molecule has 0 radical (unpaired) electrons. The summed E-state index contributed by atoms with van der Waals surface area (Å²) in [4.78, 5) is 56.6. The van der Waals surface area contributed by atoms with Crippen molar-refractivity contribution in [2.75, 3.05) is 0 Å². The van der Waals surface area contributed by atoms with Gasteiger partial charge in [-0.2, -0.15) is 0 Å². The van der Waals surface area contributed by atoms with Crippen molar-refractivity contribution in [1.82, 2.24) is 15.3 Å². The molecule has 1 heterocycles. The molecule has 3 atom stereocenters. The molecule has 0 aliphatic heterocycles. The highest BCUT2D eigenvalue weighted by Crippen LogP contribution is 2.25. The van der Waals surface area contributed by atoms with E-state index >= 15 is 0 Å². The number of fused-ring (bicyclic) bond motifs is 1. The molecule has 42 heavy (non-hydrogen) atoms. The lowest BCUT2D eigenvalue weighted by molar-refractivity contribution is -0.151. The van der Waals surface area contributed by atoms with Crippen molar-refractivity contribution in [3.05, 3.63) is 84.0 Å². The predicted molar refractivity (Wildman–Crippen MR) is 150 cm³/mol. The van der Waals surface area contributed by atoms with Gasteiger partial charge in [-0.25, -0.2) is 19.0 Å². The Morgan fingerprint density at radius 1 is 1.10 bits per heavy atom. The van der Waals surface area contributed by atoms with Gasteiger partial charge in [-0.3, -0.25) is 14.6 Å². The number of carbonyl (C=O) groups is 4. The second-order valence-corrected chi connectivity index (χ2v) is 10.5. The predicted octanol–water partition coefficient (Wildman–Crippen LogP) is 2.71. The Balaban J connectivity index is 1.75. The first-order valence-electron chi connectivity index (χ1n) is 13.2. The number of nitrogens with zero attached hydrogens (tertiary/aromatic N) is 2. The van der Waals surface area contributed by atoms with E-state index in [1.165, 1.54) is 24.4 Å².